The predicted octanol–water partition coefficient (Wildman–Crippen LogP) is 2.91. The topological polar surface area (TPSA) is 26.0 Å². The zero-order valence-electron chi connectivity index (χ0n) is 6.83. The van der Waals surface area contributed by atoms with Crippen LogP contribution in [0.1, 0.15) is 11.1 Å². The number of hydrogen-bond acceptors (Lipinski definition) is 1. The van der Waals surface area contributed by atoms with Crippen molar-refractivity contribution < 1.29 is 17.6 Å². The van der Waals surface area contributed by atoms with Gasteiger partial charge in [0.2, 0.25) is 0 Å². The Hall–Kier alpha value is -0.370. The van der Waals surface area contributed by atoms with Crippen LogP contribution in [-0.4, -0.2) is 0 Å². The van der Waals surface area contributed by atoms with Crippen LogP contribution < -0.4 is 5.73 Å². The summed E-state index contributed by atoms with van der Waals surface area (Å²) in [6, 6.07) is 1.48. The molecule has 0 spiro atoms. The lowest BCUT2D eigenvalue weighted by molar-refractivity contribution is -0.138. The first kappa shape index (κ1) is 11.7. The molecule has 0 saturated carbocycles. The highest BCUT2D eigenvalue weighted by Gasteiger charge is 2.34. The van der Waals surface area contributed by atoms with E-state index >= 15 is 0 Å². The van der Waals surface area contributed by atoms with Crippen LogP contribution in [0.25, 0.3) is 0 Å². The van der Waals surface area contributed by atoms with Crippen LogP contribution in [0.4, 0.5) is 17.6 Å². The van der Waals surface area contributed by atoms with Crippen molar-refractivity contribution >= 4 is 22.6 Å². The Bertz CT molecular complexity index is 348. The summed E-state index contributed by atoms with van der Waals surface area (Å²) in [5.74, 6) is -0.918. The van der Waals surface area contributed by atoms with Crippen molar-refractivity contribution in [3.05, 3.63) is 32.6 Å². The second-order valence-electron chi connectivity index (χ2n) is 2.63. The van der Waals surface area contributed by atoms with E-state index < -0.39 is 17.6 Å². The van der Waals surface area contributed by atoms with E-state index in [-0.39, 0.29) is 15.7 Å². The first-order valence-electron chi connectivity index (χ1n) is 3.61. The van der Waals surface area contributed by atoms with Gasteiger partial charge < -0.3 is 5.73 Å². The average molecular weight is 319 g/mol. The largest absolute Gasteiger partial charge is 0.417 e. The maximum absolute atomic E-state index is 12.8. The Labute approximate surface area is 91.4 Å². The van der Waals surface area contributed by atoms with Crippen molar-refractivity contribution in [2.75, 3.05) is 0 Å². The summed E-state index contributed by atoms with van der Waals surface area (Å²) in [4.78, 5) is 0. The second kappa shape index (κ2) is 4.01. The number of rotatable bonds is 1. The molecule has 1 nitrogen and oxygen atoms in total. The van der Waals surface area contributed by atoms with Crippen molar-refractivity contribution in [1.82, 2.24) is 0 Å². The van der Waals surface area contributed by atoms with Crippen LogP contribution >= 0.6 is 22.6 Å². The van der Waals surface area contributed by atoms with E-state index in [1.807, 2.05) is 0 Å². The van der Waals surface area contributed by atoms with Crippen LogP contribution in [-0.2, 0) is 12.7 Å². The number of hydrogen-bond donors (Lipinski definition) is 1. The van der Waals surface area contributed by atoms with Gasteiger partial charge in [-0.3, -0.25) is 0 Å². The zero-order valence-corrected chi connectivity index (χ0v) is 8.99. The summed E-state index contributed by atoms with van der Waals surface area (Å²) in [5, 5.41) is 0. The van der Waals surface area contributed by atoms with Gasteiger partial charge >= 0.3 is 6.18 Å². The molecule has 0 aliphatic carbocycles. The van der Waals surface area contributed by atoms with Gasteiger partial charge in [-0.05, 0) is 40.3 Å². The molecular formula is C8H6F4IN. The Kier molecular flexibility index (Phi) is 3.36. The van der Waals surface area contributed by atoms with Crippen molar-refractivity contribution in [3.8, 4) is 0 Å². The summed E-state index contributed by atoms with van der Waals surface area (Å²) in [6.07, 6.45) is -4.54. The molecule has 78 valence electrons. The average Bonchev–Trinajstić information content (AvgIpc) is 2.06. The number of alkyl halides is 3. The Balaban J connectivity index is 3.37. The molecule has 0 aliphatic heterocycles. The van der Waals surface area contributed by atoms with Crippen LogP contribution in [0, 0.1) is 9.39 Å². The van der Waals surface area contributed by atoms with E-state index in [2.05, 4.69) is 0 Å². The highest BCUT2D eigenvalue weighted by atomic mass is 127. The quantitative estimate of drug-likeness (QED) is 0.625. The van der Waals surface area contributed by atoms with Crippen LogP contribution in [0.15, 0.2) is 12.1 Å². The van der Waals surface area contributed by atoms with Gasteiger partial charge in [0.25, 0.3) is 0 Å². The highest BCUT2D eigenvalue weighted by Crippen LogP contribution is 2.34. The fraction of sp³-hybridized carbons (Fsp3) is 0.250. The molecule has 1 aromatic carbocycles. The Morgan fingerprint density at radius 1 is 1.29 bits per heavy atom. The maximum atomic E-state index is 12.8. The number of nitrogens with two attached hydrogens (primary N) is 1. The molecular weight excluding hydrogens is 313 g/mol. The summed E-state index contributed by atoms with van der Waals surface area (Å²) in [6.45, 7) is -0.112. The summed E-state index contributed by atoms with van der Waals surface area (Å²) < 4.78 is 49.7. The van der Waals surface area contributed by atoms with E-state index in [0.717, 1.165) is 6.07 Å². The van der Waals surface area contributed by atoms with Gasteiger partial charge in [-0.2, -0.15) is 13.2 Å². The van der Waals surface area contributed by atoms with Gasteiger partial charge in [-0.15, -0.1) is 0 Å². The first-order valence-corrected chi connectivity index (χ1v) is 4.69. The van der Waals surface area contributed by atoms with Gasteiger partial charge in [0.15, 0.2) is 0 Å². The highest BCUT2D eigenvalue weighted by molar-refractivity contribution is 14.1. The zero-order chi connectivity index (χ0) is 10.9. The lowest BCUT2D eigenvalue weighted by atomic mass is 10.1. The fourth-order valence-corrected chi connectivity index (χ4v) is 1.84. The van der Waals surface area contributed by atoms with Crippen LogP contribution in [0.2, 0.25) is 0 Å². The molecule has 1 rings (SSSR count). The smallest absolute Gasteiger partial charge is 0.326 e. The van der Waals surface area contributed by atoms with Gasteiger partial charge in [0, 0.05) is 10.1 Å². The summed E-state index contributed by atoms with van der Waals surface area (Å²) in [5.41, 5.74) is 4.38. The normalized spacial score (nSPS) is 11.9. The van der Waals surface area contributed by atoms with Gasteiger partial charge in [-0.1, -0.05) is 0 Å². The molecule has 0 atom stereocenters. The second-order valence-corrected chi connectivity index (χ2v) is 3.71. The molecule has 0 radical (unpaired) electrons. The van der Waals surface area contributed by atoms with Gasteiger partial charge in [-0.25, -0.2) is 4.39 Å². The van der Waals surface area contributed by atoms with Crippen LogP contribution in [0.5, 0.6) is 0 Å². The maximum Gasteiger partial charge on any atom is 0.417 e. The molecule has 0 aliphatic rings. The lowest BCUT2D eigenvalue weighted by Gasteiger charge is -2.12. The van der Waals surface area contributed by atoms with Gasteiger partial charge in [0.1, 0.15) is 5.82 Å². The molecule has 0 bridgehead atoms. The first-order chi connectivity index (χ1) is 6.36. The van der Waals surface area contributed by atoms with Crippen molar-refractivity contribution in [2.45, 2.75) is 12.7 Å². The third-order valence-electron chi connectivity index (χ3n) is 1.64. The molecule has 0 unspecified atom stereocenters. The van der Waals surface area contributed by atoms with E-state index in [1.54, 1.807) is 0 Å². The molecule has 1 aromatic rings. The standard InChI is InChI=1S/C8H6F4IN/c9-5-1-4(3-14)7(13)6(2-5)8(10,11)12/h1-2H,3,14H2. The van der Waals surface area contributed by atoms with E-state index in [0.29, 0.717) is 6.07 Å². The molecule has 0 heterocycles. The molecule has 0 fully saturated rings. The lowest BCUT2D eigenvalue weighted by Crippen LogP contribution is -2.11. The monoisotopic (exact) mass is 319 g/mol. The molecule has 14 heavy (non-hydrogen) atoms. The Morgan fingerprint density at radius 2 is 1.86 bits per heavy atom. The molecule has 0 aromatic heterocycles. The van der Waals surface area contributed by atoms with Crippen molar-refractivity contribution in [1.29, 1.82) is 0 Å². The molecule has 6 heteroatoms. The minimum atomic E-state index is -4.54. The third-order valence-corrected chi connectivity index (χ3v) is 2.91. The van der Waals surface area contributed by atoms with Crippen molar-refractivity contribution in [3.63, 3.8) is 0 Å². The SMILES string of the molecule is NCc1cc(F)cc(C(F)(F)F)c1I. The van der Waals surface area contributed by atoms with E-state index in [1.165, 1.54) is 22.6 Å². The number of halogens is 5. The molecule has 0 saturated heterocycles. The minimum absolute atomic E-state index is 0.0426. The minimum Gasteiger partial charge on any atom is -0.326 e. The number of benzene rings is 1. The Morgan fingerprint density at radius 3 is 2.29 bits per heavy atom. The molecule has 0 amide bonds. The molecule has 2 N–H and O–H groups in total. The fourth-order valence-electron chi connectivity index (χ4n) is 1.00. The van der Waals surface area contributed by atoms with E-state index in [9.17, 15) is 17.6 Å². The predicted molar refractivity (Wildman–Crippen MR) is 52.0 cm³/mol. The van der Waals surface area contributed by atoms with E-state index in [4.69, 9.17) is 5.73 Å². The van der Waals surface area contributed by atoms with Crippen LogP contribution in [0.3, 0.4) is 0 Å². The van der Waals surface area contributed by atoms with Gasteiger partial charge in [0.05, 0.1) is 5.56 Å². The summed E-state index contributed by atoms with van der Waals surface area (Å²) in [7, 11) is 0. The third kappa shape index (κ3) is 2.35. The summed E-state index contributed by atoms with van der Waals surface area (Å²) >= 11 is 1.52. The van der Waals surface area contributed by atoms with Crippen molar-refractivity contribution in [2.24, 2.45) is 5.73 Å².